The standard InChI is InChI=1S/C12H20N4O4S/c1-7-11(9(3)20-15-7)21(18,19)16-8(2)12(17)14-10-4-5-13-6-10/h8,10,13,16H,4-6H2,1-3H3,(H,14,17). The summed E-state index contributed by atoms with van der Waals surface area (Å²) in [5.74, 6) is -0.147. The van der Waals surface area contributed by atoms with Crippen LogP contribution < -0.4 is 15.4 Å². The van der Waals surface area contributed by atoms with Crippen LogP contribution in [0.3, 0.4) is 0 Å². The van der Waals surface area contributed by atoms with Crippen LogP contribution in [-0.4, -0.2) is 44.7 Å². The Hall–Kier alpha value is -1.45. The van der Waals surface area contributed by atoms with Crippen molar-refractivity contribution in [1.82, 2.24) is 20.5 Å². The van der Waals surface area contributed by atoms with Crippen LogP contribution in [0.25, 0.3) is 0 Å². The average molecular weight is 316 g/mol. The molecule has 1 fully saturated rings. The van der Waals surface area contributed by atoms with E-state index in [2.05, 4.69) is 20.5 Å². The fourth-order valence-electron chi connectivity index (χ4n) is 2.31. The number of nitrogens with zero attached hydrogens (tertiary/aromatic N) is 1. The summed E-state index contributed by atoms with van der Waals surface area (Å²) in [6.45, 7) is 6.12. The fraction of sp³-hybridized carbons (Fsp3) is 0.667. The zero-order chi connectivity index (χ0) is 15.6. The summed E-state index contributed by atoms with van der Waals surface area (Å²) < 4.78 is 31.8. The van der Waals surface area contributed by atoms with Gasteiger partial charge in [0, 0.05) is 12.6 Å². The minimum absolute atomic E-state index is 0.00955. The van der Waals surface area contributed by atoms with Crippen LogP contribution in [0.15, 0.2) is 9.42 Å². The Morgan fingerprint density at radius 3 is 2.71 bits per heavy atom. The number of hydrogen-bond acceptors (Lipinski definition) is 6. The summed E-state index contributed by atoms with van der Waals surface area (Å²) in [6, 6.07) is -0.826. The molecule has 0 spiro atoms. The molecule has 1 aromatic heterocycles. The van der Waals surface area contributed by atoms with E-state index in [9.17, 15) is 13.2 Å². The van der Waals surface area contributed by atoms with Gasteiger partial charge < -0.3 is 15.2 Å². The minimum atomic E-state index is -3.84. The van der Waals surface area contributed by atoms with Crippen LogP contribution in [0.5, 0.6) is 0 Å². The van der Waals surface area contributed by atoms with Gasteiger partial charge in [0.05, 0.1) is 6.04 Å². The lowest BCUT2D eigenvalue weighted by Crippen LogP contribution is -2.48. The van der Waals surface area contributed by atoms with Gasteiger partial charge in [0.25, 0.3) is 0 Å². The van der Waals surface area contributed by atoms with Crippen LogP contribution in [0.2, 0.25) is 0 Å². The third kappa shape index (κ3) is 3.60. The molecule has 2 atom stereocenters. The molecule has 3 N–H and O–H groups in total. The first-order valence-corrected chi connectivity index (χ1v) is 8.26. The normalized spacial score (nSPS) is 20.4. The van der Waals surface area contributed by atoms with Crippen molar-refractivity contribution in [2.24, 2.45) is 0 Å². The first kappa shape index (κ1) is 15.9. The maximum Gasteiger partial charge on any atom is 0.246 e. The first-order chi connectivity index (χ1) is 9.81. The molecular formula is C12H20N4O4S. The molecule has 9 heteroatoms. The van der Waals surface area contributed by atoms with E-state index in [0.717, 1.165) is 13.0 Å². The van der Waals surface area contributed by atoms with Crippen LogP contribution >= 0.6 is 0 Å². The molecule has 21 heavy (non-hydrogen) atoms. The number of carbonyl (C=O) groups excluding carboxylic acids is 1. The van der Waals surface area contributed by atoms with E-state index in [4.69, 9.17) is 4.52 Å². The Morgan fingerprint density at radius 2 is 2.19 bits per heavy atom. The quantitative estimate of drug-likeness (QED) is 0.671. The summed E-state index contributed by atoms with van der Waals surface area (Å²) in [6.07, 6.45) is 0.842. The van der Waals surface area contributed by atoms with Gasteiger partial charge in [0.1, 0.15) is 10.6 Å². The summed E-state index contributed by atoms with van der Waals surface area (Å²) in [4.78, 5) is 12.0. The highest BCUT2D eigenvalue weighted by molar-refractivity contribution is 7.89. The van der Waals surface area contributed by atoms with Crippen LogP contribution in [0.4, 0.5) is 0 Å². The van der Waals surface area contributed by atoms with Crippen molar-refractivity contribution in [3.8, 4) is 0 Å². The SMILES string of the molecule is Cc1noc(C)c1S(=O)(=O)NC(C)C(=O)NC1CCNC1. The molecule has 2 heterocycles. The van der Waals surface area contributed by atoms with E-state index in [0.29, 0.717) is 6.54 Å². The molecule has 0 aliphatic carbocycles. The van der Waals surface area contributed by atoms with Crippen molar-refractivity contribution in [2.75, 3.05) is 13.1 Å². The molecule has 1 aliphatic heterocycles. The molecule has 2 rings (SSSR count). The smallest absolute Gasteiger partial charge is 0.246 e. The molecule has 2 unspecified atom stereocenters. The predicted molar refractivity (Wildman–Crippen MR) is 75.2 cm³/mol. The summed E-state index contributed by atoms with van der Waals surface area (Å²) in [5.41, 5.74) is 0.271. The molecular weight excluding hydrogens is 296 g/mol. The van der Waals surface area contributed by atoms with Gasteiger partial charge in [0.2, 0.25) is 15.9 Å². The molecule has 1 aliphatic rings. The van der Waals surface area contributed by atoms with Crippen molar-refractivity contribution in [3.05, 3.63) is 11.5 Å². The highest BCUT2D eigenvalue weighted by Gasteiger charge is 2.29. The Bertz CT molecular complexity index is 600. The molecule has 0 saturated carbocycles. The highest BCUT2D eigenvalue weighted by Crippen LogP contribution is 2.18. The van der Waals surface area contributed by atoms with Gasteiger partial charge in [-0.05, 0) is 33.7 Å². The number of hydrogen-bond donors (Lipinski definition) is 3. The van der Waals surface area contributed by atoms with Gasteiger partial charge in [-0.3, -0.25) is 4.79 Å². The van der Waals surface area contributed by atoms with Crippen molar-refractivity contribution < 1.29 is 17.7 Å². The molecule has 8 nitrogen and oxygen atoms in total. The zero-order valence-corrected chi connectivity index (χ0v) is 13.1. The van der Waals surface area contributed by atoms with E-state index in [1.165, 1.54) is 13.8 Å². The first-order valence-electron chi connectivity index (χ1n) is 6.77. The van der Waals surface area contributed by atoms with Gasteiger partial charge in [0.15, 0.2) is 5.76 Å². The van der Waals surface area contributed by atoms with E-state index in [-0.39, 0.29) is 28.3 Å². The lowest BCUT2D eigenvalue weighted by Gasteiger charge is -2.17. The van der Waals surface area contributed by atoms with E-state index in [1.807, 2.05) is 0 Å². The second-order valence-electron chi connectivity index (χ2n) is 5.19. The molecule has 1 aromatic rings. The Labute approximate surface area is 123 Å². The zero-order valence-electron chi connectivity index (χ0n) is 12.3. The van der Waals surface area contributed by atoms with E-state index < -0.39 is 16.1 Å². The third-order valence-electron chi connectivity index (χ3n) is 3.37. The molecule has 0 aromatic carbocycles. The van der Waals surface area contributed by atoms with Crippen LogP contribution in [0.1, 0.15) is 24.8 Å². The Balaban J connectivity index is 2.04. The van der Waals surface area contributed by atoms with Gasteiger partial charge in [-0.1, -0.05) is 5.16 Å². The Kier molecular flexibility index (Phi) is 4.64. The van der Waals surface area contributed by atoms with Crippen molar-refractivity contribution >= 4 is 15.9 Å². The number of rotatable bonds is 5. The third-order valence-corrected chi connectivity index (χ3v) is 5.15. The second-order valence-corrected chi connectivity index (χ2v) is 6.85. The Morgan fingerprint density at radius 1 is 1.48 bits per heavy atom. The van der Waals surface area contributed by atoms with Gasteiger partial charge in [-0.2, -0.15) is 4.72 Å². The van der Waals surface area contributed by atoms with Crippen molar-refractivity contribution in [2.45, 2.75) is 44.2 Å². The highest BCUT2D eigenvalue weighted by atomic mass is 32.2. The monoisotopic (exact) mass is 316 g/mol. The number of aryl methyl sites for hydroxylation is 2. The number of nitrogens with one attached hydrogen (secondary N) is 3. The topological polar surface area (TPSA) is 113 Å². The van der Waals surface area contributed by atoms with E-state index >= 15 is 0 Å². The molecule has 118 valence electrons. The molecule has 0 bridgehead atoms. The lowest BCUT2D eigenvalue weighted by molar-refractivity contribution is -0.122. The second kappa shape index (κ2) is 6.12. The van der Waals surface area contributed by atoms with Crippen molar-refractivity contribution in [3.63, 3.8) is 0 Å². The maximum atomic E-state index is 12.3. The van der Waals surface area contributed by atoms with Crippen LogP contribution in [-0.2, 0) is 14.8 Å². The lowest BCUT2D eigenvalue weighted by atomic mass is 10.2. The fourth-order valence-corrected chi connectivity index (χ4v) is 3.84. The minimum Gasteiger partial charge on any atom is -0.360 e. The summed E-state index contributed by atoms with van der Waals surface area (Å²) in [7, 11) is -3.84. The van der Waals surface area contributed by atoms with Gasteiger partial charge >= 0.3 is 0 Å². The maximum absolute atomic E-state index is 12.3. The molecule has 1 saturated heterocycles. The average Bonchev–Trinajstić information content (AvgIpc) is 2.99. The van der Waals surface area contributed by atoms with Crippen LogP contribution in [0, 0.1) is 13.8 Å². The number of sulfonamides is 1. The molecule has 1 amide bonds. The number of aromatic nitrogens is 1. The summed E-state index contributed by atoms with van der Waals surface area (Å²) >= 11 is 0. The predicted octanol–water partition coefficient (Wildman–Crippen LogP) is -0.564. The van der Waals surface area contributed by atoms with E-state index in [1.54, 1.807) is 6.92 Å². The number of amides is 1. The van der Waals surface area contributed by atoms with Crippen molar-refractivity contribution in [1.29, 1.82) is 0 Å². The largest absolute Gasteiger partial charge is 0.360 e. The van der Waals surface area contributed by atoms with Gasteiger partial charge in [-0.25, -0.2) is 8.42 Å². The van der Waals surface area contributed by atoms with Gasteiger partial charge in [-0.15, -0.1) is 0 Å². The molecule has 0 radical (unpaired) electrons. The summed E-state index contributed by atoms with van der Waals surface area (Å²) in [5, 5.41) is 9.55. The number of carbonyl (C=O) groups is 1.